The number of anilines is 1. The molecule has 0 aliphatic heterocycles. The fraction of sp³-hybridized carbons (Fsp3) is 0.158. The molecule has 3 heterocycles. The highest BCUT2D eigenvalue weighted by Crippen LogP contribution is 2.22. The van der Waals surface area contributed by atoms with Crippen LogP contribution in [-0.2, 0) is 17.6 Å². The molecule has 0 aliphatic rings. The molecule has 11 heteroatoms. The lowest BCUT2D eigenvalue weighted by molar-refractivity contribution is -0.113. The molecule has 3 aromatic heterocycles. The summed E-state index contributed by atoms with van der Waals surface area (Å²) in [4.78, 5) is 20.1. The van der Waals surface area contributed by atoms with Crippen LogP contribution in [0.4, 0.5) is 5.69 Å². The molecule has 0 atom stereocenters. The molecule has 0 spiro atoms. The Bertz CT molecular complexity index is 1290. The molecule has 1 amide bonds. The van der Waals surface area contributed by atoms with Gasteiger partial charge in [-0.3, -0.25) is 4.79 Å². The Morgan fingerprint density at radius 3 is 2.90 bits per heavy atom. The van der Waals surface area contributed by atoms with Crippen LogP contribution >= 0.6 is 23.5 Å². The van der Waals surface area contributed by atoms with Crippen molar-refractivity contribution in [1.29, 1.82) is 0 Å². The van der Waals surface area contributed by atoms with E-state index in [-0.39, 0.29) is 11.7 Å². The van der Waals surface area contributed by atoms with Gasteiger partial charge in [0.15, 0.2) is 0 Å². The molecular formula is C19H15N7O2S2. The van der Waals surface area contributed by atoms with Crippen LogP contribution in [-0.4, -0.2) is 40.6 Å². The zero-order chi connectivity index (χ0) is 20.3. The number of hydrogen-bond donors (Lipinski definition) is 2. The number of imidazole rings is 1. The minimum atomic E-state index is -0.178. The number of rotatable bonds is 7. The Labute approximate surface area is 178 Å². The van der Waals surface area contributed by atoms with Gasteiger partial charge in [-0.15, -0.1) is 10.2 Å². The molecule has 5 rings (SSSR count). The summed E-state index contributed by atoms with van der Waals surface area (Å²) in [6, 6.07) is 13.4. The minimum absolute atomic E-state index is 0.152. The summed E-state index contributed by atoms with van der Waals surface area (Å²) in [6.07, 6.45) is 1.23. The molecule has 2 aromatic carbocycles. The zero-order valence-corrected chi connectivity index (χ0v) is 17.2. The van der Waals surface area contributed by atoms with E-state index in [4.69, 9.17) is 4.42 Å². The number of aryl methyl sites for hydroxylation is 2. The highest BCUT2D eigenvalue weighted by atomic mass is 32.2. The van der Waals surface area contributed by atoms with Crippen LogP contribution in [0.5, 0.6) is 0 Å². The quantitative estimate of drug-likeness (QED) is 0.371. The van der Waals surface area contributed by atoms with Gasteiger partial charge in [0.1, 0.15) is 16.9 Å². The van der Waals surface area contributed by atoms with E-state index in [2.05, 4.69) is 34.2 Å². The average Bonchev–Trinajstić information content (AvgIpc) is 3.49. The summed E-state index contributed by atoms with van der Waals surface area (Å²) < 4.78 is 14.0. The van der Waals surface area contributed by atoms with Gasteiger partial charge in [0, 0.05) is 12.8 Å². The maximum absolute atomic E-state index is 12.3. The summed E-state index contributed by atoms with van der Waals surface area (Å²) in [7, 11) is 0. The van der Waals surface area contributed by atoms with Gasteiger partial charge in [0.25, 0.3) is 5.22 Å². The van der Waals surface area contributed by atoms with E-state index in [1.807, 2.05) is 36.4 Å². The molecule has 0 saturated carbocycles. The lowest BCUT2D eigenvalue weighted by atomic mass is 10.2. The molecular weight excluding hydrogens is 422 g/mol. The second kappa shape index (κ2) is 8.20. The van der Waals surface area contributed by atoms with Crippen molar-refractivity contribution in [3.8, 4) is 0 Å². The third-order valence-electron chi connectivity index (χ3n) is 4.35. The van der Waals surface area contributed by atoms with Crippen LogP contribution in [0, 0.1) is 0 Å². The van der Waals surface area contributed by atoms with Crippen molar-refractivity contribution in [3.63, 3.8) is 0 Å². The van der Waals surface area contributed by atoms with E-state index in [1.54, 1.807) is 6.07 Å². The van der Waals surface area contributed by atoms with Gasteiger partial charge in [-0.2, -0.15) is 8.75 Å². The van der Waals surface area contributed by atoms with Crippen molar-refractivity contribution >= 4 is 57.2 Å². The maximum atomic E-state index is 12.3. The number of nitrogens with zero attached hydrogens (tertiary/aromatic N) is 5. The van der Waals surface area contributed by atoms with E-state index in [0.717, 1.165) is 34.1 Å². The van der Waals surface area contributed by atoms with Crippen LogP contribution in [0.3, 0.4) is 0 Å². The number of aromatic nitrogens is 6. The average molecular weight is 438 g/mol. The van der Waals surface area contributed by atoms with Crippen molar-refractivity contribution in [2.75, 3.05) is 11.1 Å². The second-order valence-electron chi connectivity index (χ2n) is 6.44. The molecule has 2 N–H and O–H groups in total. The van der Waals surface area contributed by atoms with Crippen LogP contribution in [0.2, 0.25) is 0 Å². The summed E-state index contributed by atoms with van der Waals surface area (Å²) in [5, 5.41) is 11.3. The number of amides is 1. The molecule has 150 valence electrons. The van der Waals surface area contributed by atoms with Gasteiger partial charge in [-0.05, 0) is 24.3 Å². The molecule has 0 aliphatic carbocycles. The highest BCUT2D eigenvalue weighted by molar-refractivity contribution is 7.99. The normalized spacial score (nSPS) is 11.3. The summed E-state index contributed by atoms with van der Waals surface area (Å²) in [6.45, 7) is 0. The first-order chi connectivity index (χ1) is 14.7. The SMILES string of the molecule is O=C(CSc1nnc(CCc2nc3ccccc3[nH]2)o1)Nc1cccc2nsnc12. The van der Waals surface area contributed by atoms with Crippen LogP contribution in [0.15, 0.2) is 52.1 Å². The lowest BCUT2D eigenvalue weighted by Gasteiger charge is -2.03. The van der Waals surface area contributed by atoms with Crippen LogP contribution in [0.1, 0.15) is 11.7 Å². The highest BCUT2D eigenvalue weighted by Gasteiger charge is 2.13. The Kier molecular flexibility index (Phi) is 5.11. The number of fused-ring (bicyclic) bond motifs is 2. The standard InChI is InChI=1S/C19H15N7O2S2/c27-16(22-13-6-3-7-14-18(13)26-30-25-14)10-29-19-24-23-17(28-19)9-8-15-20-11-4-1-2-5-12(11)21-15/h1-7H,8-10H2,(H,20,21)(H,22,27). The van der Waals surface area contributed by atoms with E-state index in [0.29, 0.717) is 35.2 Å². The number of carbonyl (C=O) groups is 1. The smallest absolute Gasteiger partial charge is 0.277 e. The third kappa shape index (κ3) is 4.02. The van der Waals surface area contributed by atoms with Crippen LogP contribution < -0.4 is 5.32 Å². The molecule has 5 aromatic rings. The van der Waals surface area contributed by atoms with E-state index in [9.17, 15) is 4.79 Å². The first-order valence-corrected chi connectivity index (χ1v) is 10.9. The summed E-state index contributed by atoms with van der Waals surface area (Å²) in [5.41, 5.74) is 4.03. The monoisotopic (exact) mass is 437 g/mol. The van der Waals surface area contributed by atoms with E-state index >= 15 is 0 Å². The van der Waals surface area contributed by atoms with Crippen molar-refractivity contribution < 1.29 is 9.21 Å². The van der Waals surface area contributed by atoms with Crippen LogP contribution in [0.25, 0.3) is 22.1 Å². The molecule has 0 saturated heterocycles. The van der Waals surface area contributed by atoms with Crippen molar-refractivity contribution in [3.05, 3.63) is 54.2 Å². The molecule has 0 radical (unpaired) electrons. The Balaban J connectivity index is 1.15. The predicted octanol–water partition coefficient (Wildman–Crippen LogP) is 3.47. The van der Waals surface area contributed by atoms with Crippen molar-refractivity contribution in [2.45, 2.75) is 18.1 Å². The molecule has 0 fully saturated rings. The molecule has 0 bridgehead atoms. The molecule has 9 nitrogen and oxygen atoms in total. The van der Waals surface area contributed by atoms with E-state index < -0.39 is 0 Å². The molecule has 0 unspecified atom stereocenters. The zero-order valence-electron chi connectivity index (χ0n) is 15.5. The number of para-hydroxylation sites is 2. The fourth-order valence-corrected chi connectivity index (χ4v) is 4.10. The summed E-state index contributed by atoms with van der Waals surface area (Å²) in [5.74, 6) is 1.35. The number of nitrogens with one attached hydrogen (secondary N) is 2. The predicted molar refractivity (Wildman–Crippen MR) is 115 cm³/mol. The van der Waals surface area contributed by atoms with Gasteiger partial charge >= 0.3 is 0 Å². The number of benzene rings is 2. The van der Waals surface area contributed by atoms with E-state index in [1.165, 1.54) is 11.8 Å². The van der Waals surface area contributed by atoms with Gasteiger partial charge in [0.05, 0.1) is 34.2 Å². The van der Waals surface area contributed by atoms with Crippen molar-refractivity contribution in [2.24, 2.45) is 0 Å². The van der Waals surface area contributed by atoms with Gasteiger partial charge in [-0.1, -0.05) is 30.0 Å². The number of aromatic amines is 1. The van der Waals surface area contributed by atoms with Gasteiger partial charge < -0.3 is 14.7 Å². The maximum Gasteiger partial charge on any atom is 0.277 e. The summed E-state index contributed by atoms with van der Waals surface area (Å²) >= 11 is 2.31. The fourth-order valence-electron chi connectivity index (χ4n) is 2.97. The Morgan fingerprint density at radius 1 is 1.07 bits per heavy atom. The third-order valence-corrected chi connectivity index (χ3v) is 5.71. The molecule has 30 heavy (non-hydrogen) atoms. The minimum Gasteiger partial charge on any atom is -0.416 e. The number of thioether (sulfide) groups is 1. The second-order valence-corrected chi connectivity index (χ2v) is 7.89. The number of H-pyrrole nitrogens is 1. The first-order valence-electron chi connectivity index (χ1n) is 9.14. The number of hydrogen-bond acceptors (Lipinski definition) is 9. The Hall–Kier alpha value is -3.31. The Morgan fingerprint density at radius 2 is 1.97 bits per heavy atom. The van der Waals surface area contributed by atoms with Crippen molar-refractivity contribution in [1.82, 2.24) is 28.9 Å². The largest absolute Gasteiger partial charge is 0.416 e. The first kappa shape index (κ1) is 18.7. The topological polar surface area (TPSA) is 122 Å². The number of carbonyl (C=O) groups excluding carboxylic acids is 1. The lowest BCUT2D eigenvalue weighted by Crippen LogP contribution is -2.14. The van der Waals surface area contributed by atoms with Gasteiger partial charge in [0.2, 0.25) is 11.8 Å². The van der Waals surface area contributed by atoms with Gasteiger partial charge in [-0.25, -0.2) is 4.98 Å².